The molecule has 1 saturated heterocycles. The molecule has 2 N–H and O–H groups in total. The van der Waals surface area contributed by atoms with Gasteiger partial charge in [-0.1, -0.05) is 41.0 Å². The summed E-state index contributed by atoms with van der Waals surface area (Å²) in [6.07, 6.45) is 0. The molecule has 1 atom stereocenters. The van der Waals surface area contributed by atoms with Crippen LogP contribution in [0.2, 0.25) is 10.0 Å². The van der Waals surface area contributed by atoms with Crippen LogP contribution in [0.4, 0.5) is 5.69 Å². The van der Waals surface area contributed by atoms with E-state index in [0.29, 0.717) is 65.7 Å². The van der Waals surface area contributed by atoms with E-state index in [1.807, 2.05) is 11.5 Å². The Kier molecular flexibility index (Phi) is 9.84. The number of aromatic nitrogens is 3. The molecule has 10 nitrogen and oxygen atoms in total. The molecule has 1 aliphatic heterocycles. The zero-order chi connectivity index (χ0) is 27.9. The first-order valence-electron chi connectivity index (χ1n) is 12.4. The molecule has 1 fully saturated rings. The number of carbonyl (C=O) groups excluding carboxylic acids is 3. The number of carbonyl (C=O) groups is 3. The highest BCUT2D eigenvalue weighted by Crippen LogP contribution is 2.24. The normalized spacial score (nSPS) is 14.1. The first-order valence-corrected chi connectivity index (χ1v) is 14.1. The molecule has 39 heavy (non-hydrogen) atoms. The Bertz CT molecular complexity index is 1360. The molecule has 3 aromatic rings. The maximum Gasteiger partial charge on any atom is 0.254 e. The van der Waals surface area contributed by atoms with Gasteiger partial charge in [0.15, 0.2) is 11.0 Å². The highest BCUT2D eigenvalue weighted by molar-refractivity contribution is 7.99. The predicted molar refractivity (Wildman–Crippen MR) is 151 cm³/mol. The Morgan fingerprint density at radius 2 is 1.87 bits per heavy atom. The van der Waals surface area contributed by atoms with Crippen molar-refractivity contribution >= 4 is 58.4 Å². The van der Waals surface area contributed by atoms with Crippen LogP contribution in [0, 0.1) is 0 Å². The van der Waals surface area contributed by atoms with E-state index in [9.17, 15) is 14.4 Å². The van der Waals surface area contributed by atoms with Crippen LogP contribution in [-0.4, -0.2) is 69.4 Å². The summed E-state index contributed by atoms with van der Waals surface area (Å²) in [4.78, 5) is 39.9. The van der Waals surface area contributed by atoms with E-state index in [1.54, 1.807) is 48.2 Å². The molecular weight excluding hydrogens is 563 g/mol. The number of rotatable bonds is 9. The summed E-state index contributed by atoms with van der Waals surface area (Å²) < 4.78 is 7.15. The predicted octanol–water partition coefficient (Wildman–Crippen LogP) is 4.30. The van der Waals surface area contributed by atoms with Gasteiger partial charge in [-0.05, 0) is 50.2 Å². The van der Waals surface area contributed by atoms with Crippen LogP contribution in [0.25, 0.3) is 0 Å². The maximum absolute atomic E-state index is 12.8. The fourth-order valence-corrected chi connectivity index (χ4v) is 5.35. The molecule has 0 spiro atoms. The fourth-order valence-electron chi connectivity index (χ4n) is 4.04. The lowest BCUT2D eigenvalue weighted by Crippen LogP contribution is -2.40. The van der Waals surface area contributed by atoms with Gasteiger partial charge in [0.2, 0.25) is 5.91 Å². The molecule has 206 valence electrons. The largest absolute Gasteiger partial charge is 0.378 e. The molecule has 1 aromatic heterocycles. The minimum Gasteiger partial charge on any atom is -0.378 e. The third kappa shape index (κ3) is 7.30. The molecule has 3 amide bonds. The van der Waals surface area contributed by atoms with Gasteiger partial charge >= 0.3 is 0 Å². The van der Waals surface area contributed by atoms with Gasteiger partial charge in [0.05, 0.1) is 35.6 Å². The lowest BCUT2D eigenvalue weighted by Gasteiger charge is -2.27. The van der Waals surface area contributed by atoms with Crippen LogP contribution in [-0.2, 0) is 16.1 Å². The summed E-state index contributed by atoms with van der Waals surface area (Å²) in [6, 6.07) is 11.1. The number of ether oxygens (including phenoxy) is 1. The number of nitrogens with zero attached hydrogens (tertiary/aromatic N) is 4. The summed E-state index contributed by atoms with van der Waals surface area (Å²) in [5.74, 6) is -0.0688. The van der Waals surface area contributed by atoms with E-state index in [1.165, 1.54) is 17.8 Å². The SMILES string of the molecule is CCn1c(SCC(=O)Nc2cccc(C(=O)N3CCOCC3)c2)nnc1[C@H](C)NC(=O)c1ccc(Cl)cc1Cl. The van der Waals surface area contributed by atoms with Crippen LogP contribution in [0.15, 0.2) is 47.6 Å². The molecule has 0 radical (unpaired) electrons. The van der Waals surface area contributed by atoms with Crippen molar-refractivity contribution in [1.29, 1.82) is 0 Å². The monoisotopic (exact) mass is 590 g/mol. The summed E-state index contributed by atoms with van der Waals surface area (Å²) in [5, 5.41) is 15.4. The molecule has 2 heterocycles. The van der Waals surface area contributed by atoms with E-state index < -0.39 is 6.04 Å². The van der Waals surface area contributed by atoms with E-state index in [0.717, 1.165) is 0 Å². The number of thioether (sulfide) groups is 1. The highest BCUT2D eigenvalue weighted by Gasteiger charge is 2.22. The number of morpholine rings is 1. The van der Waals surface area contributed by atoms with Gasteiger partial charge in [0.1, 0.15) is 0 Å². The molecule has 13 heteroatoms. The zero-order valence-corrected chi connectivity index (χ0v) is 23.8. The van der Waals surface area contributed by atoms with Gasteiger partial charge in [0, 0.05) is 35.9 Å². The molecule has 0 unspecified atom stereocenters. The van der Waals surface area contributed by atoms with Crippen molar-refractivity contribution in [1.82, 2.24) is 25.0 Å². The van der Waals surface area contributed by atoms with Gasteiger partial charge < -0.3 is 24.8 Å². The van der Waals surface area contributed by atoms with Crippen molar-refractivity contribution in [3.05, 3.63) is 69.5 Å². The minimum absolute atomic E-state index is 0.0842. The minimum atomic E-state index is -0.466. The quantitative estimate of drug-likeness (QED) is 0.357. The van der Waals surface area contributed by atoms with Crippen LogP contribution in [0.5, 0.6) is 0 Å². The van der Waals surface area contributed by atoms with E-state index in [2.05, 4.69) is 20.8 Å². The van der Waals surface area contributed by atoms with Crippen LogP contribution < -0.4 is 10.6 Å². The lowest BCUT2D eigenvalue weighted by atomic mass is 10.1. The Labute approximate surface area is 240 Å². The topological polar surface area (TPSA) is 118 Å². The Hall–Kier alpha value is -3.12. The molecule has 0 bridgehead atoms. The van der Waals surface area contributed by atoms with Crippen LogP contribution >= 0.6 is 35.0 Å². The summed E-state index contributed by atoms with van der Waals surface area (Å²) in [5.41, 5.74) is 1.35. The smallest absolute Gasteiger partial charge is 0.254 e. The number of benzene rings is 2. The molecule has 1 aliphatic rings. The first-order chi connectivity index (χ1) is 18.8. The maximum atomic E-state index is 12.8. The van der Waals surface area contributed by atoms with Gasteiger partial charge in [-0.2, -0.15) is 0 Å². The molecule has 0 saturated carbocycles. The van der Waals surface area contributed by atoms with Crippen molar-refractivity contribution < 1.29 is 19.1 Å². The van der Waals surface area contributed by atoms with Crippen molar-refractivity contribution in [2.75, 3.05) is 37.4 Å². The number of hydrogen-bond acceptors (Lipinski definition) is 7. The average molecular weight is 592 g/mol. The van der Waals surface area contributed by atoms with E-state index in [-0.39, 0.29) is 28.5 Å². The summed E-state index contributed by atoms with van der Waals surface area (Å²) in [7, 11) is 0. The summed E-state index contributed by atoms with van der Waals surface area (Å²) >= 11 is 13.3. The number of halogens is 2. The second-order valence-electron chi connectivity index (χ2n) is 8.73. The van der Waals surface area contributed by atoms with Crippen molar-refractivity contribution in [3.8, 4) is 0 Å². The Morgan fingerprint density at radius 3 is 2.59 bits per heavy atom. The van der Waals surface area contributed by atoms with Crippen molar-refractivity contribution in [3.63, 3.8) is 0 Å². The zero-order valence-electron chi connectivity index (χ0n) is 21.4. The van der Waals surface area contributed by atoms with E-state index >= 15 is 0 Å². The van der Waals surface area contributed by atoms with Crippen molar-refractivity contribution in [2.24, 2.45) is 0 Å². The van der Waals surface area contributed by atoms with Gasteiger partial charge in [-0.25, -0.2) is 0 Å². The number of hydrogen-bond donors (Lipinski definition) is 2. The average Bonchev–Trinajstić information content (AvgIpc) is 3.35. The second-order valence-corrected chi connectivity index (χ2v) is 10.5. The van der Waals surface area contributed by atoms with Crippen molar-refractivity contribution in [2.45, 2.75) is 31.6 Å². The van der Waals surface area contributed by atoms with Crippen LogP contribution in [0.3, 0.4) is 0 Å². The van der Waals surface area contributed by atoms with Gasteiger partial charge in [0.25, 0.3) is 11.8 Å². The molecule has 2 aromatic carbocycles. The molecule has 0 aliphatic carbocycles. The highest BCUT2D eigenvalue weighted by atomic mass is 35.5. The Balaban J connectivity index is 1.35. The van der Waals surface area contributed by atoms with E-state index in [4.69, 9.17) is 27.9 Å². The standard InChI is InChI=1S/C26H28Cl2N6O4S/c1-3-34-23(16(2)29-24(36)20-8-7-18(27)14-21(20)28)31-32-26(34)39-15-22(35)30-19-6-4-5-17(13-19)25(37)33-9-11-38-12-10-33/h4-8,13-14,16H,3,9-12,15H2,1-2H3,(H,29,36)(H,30,35)/t16-/m0/s1. The third-order valence-electron chi connectivity index (χ3n) is 6.00. The molecular formula is C26H28Cl2N6O4S. The Morgan fingerprint density at radius 1 is 1.10 bits per heavy atom. The molecule has 4 rings (SSSR count). The van der Waals surface area contributed by atoms with Crippen LogP contribution in [0.1, 0.15) is 46.4 Å². The third-order valence-corrected chi connectivity index (χ3v) is 7.51. The number of nitrogens with one attached hydrogen (secondary N) is 2. The number of amides is 3. The van der Waals surface area contributed by atoms with Gasteiger partial charge in [-0.3, -0.25) is 14.4 Å². The summed E-state index contributed by atoms with van der Waals surface area (Å²) in [6.45, 7) is 6.39. The first kappa shape index (κ1) is 28.9. The lowest BCUT2D eigenvalue weighted by molar-refractivity contribution is -0.113. The van der Waals surface area contributed by atoms with Gasteiger partial charge in [-0.15, -0.1) is 10.2 Å². The fraction of sp³-hybridized carbons (Fsp3) is 0.346. The second kappa shape index (κ2) is 13.3. The number of anilines is 1.